The van der Waals surface area contributed by atoms with Crippen LogP contribution in [0.15, 0.2) is 34.2 Å². The molecule has 1 aliphatic rings. The second kappa shape index (κ2) is 6.41. The maximum atomic E-state index is 12.4. The zero-order chi connectivity index (χ0) is 16.4. The van der Waals surface area contributed by atoms with Gasteiger partial charge in [-0.25, -0.2) is 0 Å². The largest absolute Gasteiger partial charge is 0.337 e. The van der Waals surface area contributed by atoms with Crippen molar-refractivity contribution in [2.24, 2.45) is 0 Å². The predicted molar refractivity (Wildman–Crippen MR) is 87.5 cm³/mol. The van der Waals surface area contributed by atoms with E-state index in [1.807, 2.05) is 23.1 Å². The molecule has 120 valence electrons. The summed E-state index contributed by atoms with van der Waals surface area (Å²) in [7, 11) is 0. The van der Waals surface area contributed by atoms with Crippen LogP contribution in [-0.2, 0) is 17.8 Å². The smallest absolute Gasteiger partial charge is 0.294 e. The topological polar surface area (TPSA) is 94.1 Å². The summed E-state index contributed by atoms with van der Waals surface area (Å²) in [6.45, 7) is 2.86. The van der Waals surface area contributed by atoms with Crippen molar-refractivity contribution >= 4 is 17.7 Å². The molecule has 1 aromatic heterocycles. The first kappa shape index (κ1) is 15.5. The van der Waals surface area contributed by atoms with Crippen molar-refractivity contribution in [1.29, 1.82) is 0 Å². The number of carbonyl (C=O) groups is 1. The third-order valence-corrected chi connectivity index (χ3v) is 4.76. The molecule has 0 atom stereocenters. The van der Waals surface area contributed by atoms with E-state index in [1.165, 1.54) is 11.1 Å². The molecule has 0 saturated heterocycles. The highest BCUT2D eigenvalue weighted by atomic mass is 32.2. The molecule has 0 aliphatic carbocycles. The van der Waals surface area contributed by atoms with Gasteiger partial charge in [0.1, 0.15) is 5.69 Å². The van der Waals surface area contributed by atoms with Crippen LogP contribution in [0, 0.1) is 6.92 Å². The Morgan fingerprint density at radius 1 is 1.30 bits per heavy atom. The predicted octanol–water partition coefficient (Wildman–Crippen LogP) is 0.338. The summed E-state index contributed by atoms with van der Waals surface area (Å²) in [4.78, 5) is 25.9. The summed E-state index contributed by atoms with van der Waals surface area (Å²) in [5.41, 5.74) is 2.31. The van der Waals surface area contributed by atoms with Crippen LogP contribution in [0.3, 0.4) is 0 Å². The van der Waals surface area contributed by atoms with Gasteiger partial charge in [0.2, 0.25) is 11.1 Å². The van der Waals surface area contributed by atoms with Gasteiger partial charge in [-0.3, -0.25) is 9.59 Å². The fourth-order valence-corrected chi connectivity index (χ4v) is 3.25. The average molecular weight is 331 g/mol. The zero-order valence-corrected chi connectivity index (χ0v) is 13.5. The highest BCUT2D eigenvalue weighted by Crippen LogP contribution is 2.20. The van der Waals surface area contributed by atoms with E-state index >= 15 is 0 Å². The Morgan fingerprint density at radius 2 is 2.04 bits per heavy atom. The standard InChI is InChI=1S/C15H17N5O2S/c1-10-14(22)20(16)15(18-17-10)23-9-13(21)19-7-6-11-4-2-3-5-12(11)8-19/h2-5H,6-9,16H2,1H3. The Hall–Kier alpha value is -2.35. The Labute approximate surface area is 137 Å². The summed E-state index contributed by atoms with van der Waals surface area (Å²) < 4.78 is 0.936. The Kier molecular flexibility index (Phi) is 4.33. The van der Waals surface area contributed by atoms with Crippen LogP contribution in [0.1, 0.15) is 16.8 Å². The van der Waals surface area contributed by atoms with Crippen LogP contribution >= 0.6 is 11.8 Å². The molecule has 2 N–H and O–H groups in total. The number of nitrogens with two attached hydrogens (primary N) is 1. The van der Waals surface area contributed by atoms with E-state index < -0.39 is 5.56 Å². The molecule has 0 fully saturated rings. The summed E-state index contributed by atoms with van der Waals surface area (Å²) in [6, 6.07) is 8.14. The number of amides is 1. The number of carbonyl (C=O) groups excluding carboxylic acids is 1. The highest BCUT2D eigenvalue weighted by molar-refractivity contribution is 7.99. The van der Waals surface area contributed by atoms with Crippen molar-refractivity contribution in [1.82, 2.24) is 19.8 Å². The Morgan fingerprint density at radius 3 is 2.83 bits per heavy atom. The van der Waals surface area contributed by atoms with Gasteiger partial charge >= 0.3 is 0 Å². The van der Waals surface area contributed by atoms with E-state index in [2.05, 4.69) is 16.3 Å². The third-order valence-electron chi connectivity index (χ3n) is 3.83. The fraction of sp³-hybridized carbons (Fsp3) is 0.333. The third kappa shape index (κ3) is 3.21. The molecular weight excluding hydrogens is 314 g/mol. The molecule has 7 nitrogen and oxygen atoms in total. The first-order valence-corrected chi connectivity index (χ1v) is 8.23. The quantitative estimate of drug-likeness (QED) is 0.644. The van der Waals surface area contributed by atoms with Gasteiger partial charge in [-0.2, -0.15) is 4.68 Å². The molecule has 1 aromatic carbocycles. The molecule has 1 aliphatic heterocycles. The van der Waals surface area contributed by atoms with Crippen molar-refractivity contribution < 1.29 is 4.79 Å². The number of nitrogen functional groups attached to an aromatic ring is 1. The molecule has 2 heterocycles. The van der Waals surface area contributed by atoms with E-state index in [9.17, 15) is 9.59 Å². The summed E-state index contributed by atoms with van der Waals surface area (Å²) in [5.74, 6) is 5.84. The van der Waals surface area contributed by atoms with Gasteiger partial charge in [0.05, 0.1) is 5.75 Å². The minimum absolute atomic E-state index is 0.000623. The van der Waals surface area contributed by atoms with Crippen LogP contribution in [0.2, 0.25) is 0 Å². The monoisotopic (exact) mass is 331 g/mol. The molecule has 3 rings (SSSR count). The number of aryl methyl sites for hydroxylation is 1. The number of hydrogen-bond acceptors (Lipinski definition) is 6. The molecule has 23 heavy (non-hydrogen) atoms. The number of nitrogens with zero attached hydrogens (tertiary/aromatic N) is 4. The lowest BCUT2D eigenvalue weighted by Gasteiger charge is -2.28. The number of rotatable bonds is 3. The lowest BCUT2D eigenvalue weighted by atomic mass is 10.00. The molecule has 0 bridgehead atoms. The van der Waals surface area contributed by atoms with Gasteiger partial charge in [0.25, 0.3) is 5.56 Å². The number of fused-ring (bicyclic) bond motifs is 1. The van der Waals surface area contributed by atoms with Crippen molar-refractivity contribution in [3.63, 3.8) is 0 Å². The van der Waals surface area contributed by atoms with Crippen LogP contribution in [0.25, 0.3) is 0 Å². The van der Waals surface area contributed by atoms with Crippen molar-refractivity contribution in [3.8, 4) is 0 Å². The van der Waals surface area contributed by atoms with Gasteiger partial charge in [-0.05, 0) is 24.5 Å². The number of hydrogen-bond donors (Lipinski definition) is 1. The molecule has 2 aromatic rings. The van der Waals surface area contributed by atoms with Gasteiger partial charge in [-0.15, -0.1) is 10.2 Å². The van der Waals surface area contributed by atoms with Crippen LogP contribution in [-0.4, -0.2) is 38.0 Å². The van der Waals surface area contributed by atoms with Gasteiger partial charge in [0, 0.05) is 13.1 Å². The summed E-state index contributed by atoms with van der Waals surface area (Å²) in [6.07, 6.45) is 0.860. The zero-order valence-electron chi connectivity index (χ0n) is 12.7. The summed E-state index contributed by atoms with van der Waals surface area (Å²) in [5, 5.41) is 7.86. The maximum absolute atomic E-state index is 12.4. The second-order valence-electron chi connectivity index (χ2n) is 5.37. The molecule has 0 radical (unpaired) electrons. The number of aromatic nitrogens is 3. The van der Waals surface area contributed by atoms with E-state index in [0.717, 1.165) is 22.9 Å². The van der Waals surface area contributed by atoms with Crippen molar-refractivity contribution in [2.45, 2.75) is 25.0 Å². The molecule has 8 heteroatoms. The first-order chi connectivity index (χ1) is 11.1. The molecule has 0 unspecified atom stereocenters. The van der Waals surface area contributed by atoms with E-state index in [4.69, 9.17) is 5.84 Å². The second-order valence-corrected chi connectivity index (χ2v) is 6.31. The van der Waals surface area contributed by atoms with E-state index in [0.29, 0.717) is 13.1 Å². The summed E-state index contributed by atoms with van der Waals surface area (Å²) >= 11 is 1.13. The van der Waals surface area contributed by atoms with Crippen molar-refractivity contribution in [2.75, 3.05) is 18.1 Å². The minimum atomic E-state index is -0.401. The molecular formula is C15H17N5O2S. The van der Waals surface area contributed by atoms with Gasteiger partial charge < -0.3 is 10.7 Å². The lowest BCUT2D eigenvalue weighted by Crippen LogP contribution is -2.37. The van der Waals surface area contributed by atoms with E-state index in [-0.39, 0.29) is 22.5 Å². The number of benzene rings is 1. The number of thioether (sulfide) groups is 1. The highest BCUT2D eigenvalue weighted by Gasteiger charge is 2.21. The first-order valence-electron chi connectivity index (χ1n) is 7.25. The van der Waals surface area contributed by atoms with Crippen molar-refractivity contribution in [3.05, 3.63) is 51.4 Å². The Bertz CT molecular complexity index is 805. The lowest BCUT2D eigenvalue weighted by molar-refractivity contribution is -0.129. The maximum Gasteiger partial charge on any atom is 0.294 e. The fourth-order valence-electron chi connectivity index (χ4n) is 2.49. The molecule has 1 amide bonds. The molecule has 0 spiro atoms. The van der Waals surface area contributed by atoms with Crippen LogP contribution in [0.5, 0.6) is 0 Å². The van der Waals surface area contributed by atoms with Crippen LogP contribution < -0.4 is 11.4 Å². The minimum Gasteiger partial charge on any atom is -0.337 e. The normalized spacial score (nSPS) is 13.7. The van der Waals surface area contributed by atoms with Gasteiger partial charge in [0.15, 0.2) is 0 Å². The average Bonchev–Trinajstić information content (AvgIpc) is 2.58. The SMILES string of the molecule is Cc1nnc(SCC(=O)N2CCc3ccccc3C2)n(N)c1=O. The van der Waals surface area contributed by atoms with Crippen LogP contribution in [0.4, 0.5) is 0 Å². The van der Waals surface area contributed by atoms with E-state index in [1.54, 1.807) is 6.92 Å². The van der Waals surface area contributed by atoms with Gasteiger partial charge in [-0.1, -0.05) is 36.0 Å². The molecule has 0 saturated carbocycles. The Balaban J connectivity index is 1.65.